The maximum Gasteiger partial charge on any atom is 0.128 e. The molecule has 0 saturated carbocycles. The topological polar surface area (TPSA) is 12.0 Å². The van der Waals surface area contributed by atoms with E-state index >= 15 is 0 Å². The van der Waals surface area contributed by atoms with E-state index in [1.807, 2.05) is 13.0 Å². The van der Waals surface area contributed by atoms with Crippen molar-refractivity contribution < 1.29 is 4.39 Å². The lowest BCUT2D eigenvalue weighted by Gasteiger charge is -2.24. The lowest BCUT2D eigenvalue weighted by molar-refractivity contribution is 0.399. The first-order valence-electron chi connectivity index (χ1n) is 5.37. The summed E-state index contributed by atoms with van der Waals surface area (Å²) < 4.78 is 14.7. The van der Waals surface area contributed by atoms with Crippen LogP contribution in [0.3, 0.4) is 0 Å². The molecule has 1 heterocycles. The summed E-state index contributed by atoms with van der Waals surface area (Å²) in [5, 5.41) is 3.36. The summed E-state index contributed by atoms with van der Waals surface area (Å²) in [7, 11) is 0. The zero-order valence-corrected chi connectivity index (χ0v) is 10.4. The Morgan fingerprint density at radius 2 is 2.20 bits per heavy atom. The molecular weight excluding hydrogens is 257 g/mol. The van der Waals surface area contributed by atoms with Crippen LogP contribution in [0, 0.1) is 12.7 Å². The zero-order chi connectivity index (χ0) is 10.8. The van der Waals surface area contributed by atoms with Crippen molar-refractivity contribution in [3.8, 4) is 0 Å². The van der Waals surface area contributed by atoms with E-state index in [0.29, 0.717) is 0 Å². The molecule has 15 heavy (non-hydrogen) atoms. The molecule has 1 fully saturated rings. The molecule has 1 nitrogen and oxygen atoms in total. The average Bonchev–Trinajstić information content (AvgIpc) is 2.25. The zero-order valence-electron chi connectivity index (χ0n) is 8.82. The van der Waals surface area contributed by atoms with Gasteiger partial charge in [0.15, 0.2) is 0 Å². The number of halogens is 2. The molecule has 1 aliphatic heterocycles. The van der Waals surface area contributed by atoms with E-state index in [4.69, 9.17) is 0 Å². The molecule has 1 unspecified atom stereocenters. The Bertz CT molecular complexity index is 359. The quantitative estimate of drug-likeness (QED) is 0.821. The van der Waals surface area contributed by atoms with Crippen LogP contribution >= 0.6 is 15.9 Å². The lowest BCUT2D eigenvalue weighted by Crippen LogP contribution is -2.27. The predicted molar refractivity (Wildman–Crippen MR) is 63.4 cm³/mol. The third kappa shape index (κ3) is 2.40. The van der Waals surface area contributed by atoms with Gasteiger partial charge in [-0.3, -0.25) is 0 Å². The summed E-state index contributed by atoms with van der Waals surface area (Å²) in [4.78, 5) is 0. The first kappa shape index (κ1) is 11.1. The fraction of sp³-hybridized carbons (Fsp3) is 0.500. The second kappa shape index (κ2) is 4.62. The largest absolute Gasteiger partial charge is 0.310 e. The minimum absolute atomic E-state index is 0.0879. The highest BCUT2D eigenvalue weighted by Crippen LogP contribution is 2.29. The smallest absolute Gasteiger partial charge is 0.128 e. The molecule has 2 rings (SSSR count). The summed E-state index contributed by atoms with van der Waals surface area (Å²) in [6.45, 7) is 2.90. The molecule has 1 N–H and O–H groups in total. The van der Waals surface area contributed by atoms with Gasteiger partial charge in [0, 0.05) is 16.1 Å². The van der Waals surface area contributed by atoms with Gasteiger partial charge in [-0.05, 0) is 44.0 Å². The first-order chi connectivity index (χ1) is 7.18. The summed E-state index contributed by atoms with van der Waals surface area (Å²) in [6.07, 6.45) is 3.42. The van der Waals surface area contributed by atoms with Crippen LogP contribution in [-0.2, 0) is 0 Å². The Balaban J connectivity index is 2.30. The summed E-state index contributed by atoms with van der Waals surface area (Å²) >= 11 is 3.45. The van der Waals surface area contributed by atoms with Crippen LogP contribution in [0.2, 0.25) is 0 Å². The number of nitrogens with one attached hydrogen (secondary N) is 1. The molecule has 1 aromatic rings. The van der Waals surface area contributed by atoms with Crippen LogP contribution in [0.5, 0.6) is 0 Å². The van der Waals surface area contributed by atoms with Gasteiger partial charge in [0.25, 0.3) is 0 Å². The number of aryl methyl sites for hydroxylation is 1. The maximum absolute atomic E-state index is 13.8. The van der Waals surface area contributed by atoms with Gasteiger partial charge in [-0.15, -0.1) is 0 Å². The normalized spacial score (nSPS) is 21.7. The van der Waals surface area contributed by atoms with Crippen molar-refractivity contribution in [2.45, 2.75) is 32.2 Å². The molecule has 1 atom stereocenters. The Hall–Kier alpha value is -0.410. The highest BCUT2D eigenvalue weighted by molar-refractivity contribution is 9.10. The molecule has 1 aromatic carbocycles. The number of piperidine rings is 1. The second-order valence-electron chi connectivity index (χ2n) is 4.13. The van der Waals surface area contributed by atoms with Crippen molar-refractivity contribution in [1.82, 2.24) is 5.32 Å². The van der Waals surface area contributed by atoms with E-state index in [1.165, 1.54) is 12.8 Å². The standard InChI is InChI=1S/C12H15BrFN/c1-8-6-11(14)9(7-10(8)13)12-4-2-3-5-15-12/h6-7,12,15H,2-5H2,1H3. The highest BCUT2D eigenvalue weighted by Gasteiger charge is 2.18. The predicted octanol–water partition coefficient (Wildman–Crippen LogP) is 3.71. The third-order valence-corrected chi connectivity index (χ3v) is 3.82. The molecule has 0 amide bonds. The van der Waals surface area contributed by atoms with E-state index in [-0.39, 0.29) is 11.9 Å². The molecule has 3 heteroatoms. The van der Waals surface area contributed by atoms with Gasteiger partial charge >= 0.3 is 0 Å². The van der Waals surface area contributed by atoms with Crippen LogP contribution in [0.15, 0.2) is 16.6 Å². The van der Waals surface area contributed by atoms with Crippen LogP contribution < -0.4 is 5.32 Å². The number of benzene rings is 1. The molecule has 1 saturated heterocycles. The Morgan fingerprint density at radius 1 is 1.40 bits per heavy atom. The Morgan fingerprint density at radius 3 is 2.87 bits per heavy atom. The Kier molecular flexibility index (Phi) is 3.42. The maximum atomic E-state index is 13.8. The molecule has 0 aromatic heterocycles. The summed E-state index contributed by atoms with van der Waals surface area (Å²) in [5.74, 6) is -0.0879. The van der Waals surface area contributed by atoms with Gasteiger partial charge in [-0.2, -0.15) is 0 Å². The van der Waals surface area contributed by atoms with E-state index in [2.05, 4.69) is 21.2 Å². The van der Waals surface area contributed by atoms with Crippen molar-refractivity contribution in [3.05, 3.63) is 33.5 Å². The SMILES string of the molecule is Cc1cc(F)c(C2CCCCN2)cc1Br. The first-order valence-corrected chi connectivity index (χ1v) is 6.16. The van der Waals surface area contributed by atoms with E-state index < -0.39 is 0 Å². The van der Waals surface area contributed by atoms with Crippen LogP contribution in [0.1, 0.15) is 36.4 Å². The van der Waals surface area contributed by atoms with Crippen LogP contribution in [0.25, 0.3) is 0 Å². The third-order valence-electron chi connectivity index (χ3n) is 2.96. The van der Waals surface area contributed by atoms with E-state index in [0.717, 1.165) is 28.6 Å². The monoisotopic (exact) mass is 271 g/mol. The molecule has 0 spiro atoms. The number of rotatable bonds is 1. The van der Waals surface area contributed by atoms with Gasteiger partial charge in [-0.1, -0.05) is 22.4 Å². The summed E-state index contributed by atoms with van der Waals surface area (Å²) in [5.41, 5.74) is 1.75. The van der Waals surface area contributed by atoms with Crippen molar-refractivity contribution in [2.24, 2.45) is 0 Å². The van der Waals surface area contributed by atoms with Crippen LogP contribution in [-0.4, -0.2) is 6.54 Å². The van der Waals surface area contributed by atoms with Gasteiger partial charge in [-0.25, -0.2) is 4.39 Å². The summed E-state index contributed by atoms with van der Waals surface area (Å²) in [6, 6.07) is 3.71. The van der Waals surface area contributed by atoms with Crippen molar-refractivity contribution in [1.29, 1.82) is 0 Å². The molecule has 1 aliphatic rings. The van der Waals surface area contributed by atoms with Crippen molar-refractivity contribution in [2.75, 3.05) is 6.54 Å². The highest BCUT2D eigenvalue weighted by atomic mass is 79.9. The Labute approximate surface area is 98.2 Å². The van der Waals surface area contributed by atoms with E-state index in [9.17, 15) is 4.39 Å². The van der Waals surface area contributed by atoms with E-state index in [1.54, 1.807) is 6.07 Å². The van der Waals surface area contributed by atoms with Gasteiger partial charge in [0.1, 0.15) is 5.82 Å². The fourth-order valence-electron chi connectivity index (χ4n) is 2.05. The minimum Gasteiger partial charge on any atom is -0.310 e. The number of hydrogen-bond donors (Lipinski definition) is 1. The van der Waals surface area contributed by atoms with Crippen molar-refractivity contribution in [3.63, 3.8) is 0 Å². The minimum atomic E-state index is -0.0879. The van der Waals surface area contributed by atoms with Gasteiger partial charge in [0.05, 0.1) is 0 Å². The molecule has 0 aliphatic carbocycles. The molecule has 0 bridgehead atoms. The number of hydrogen-bond acceptors (Lipinski definition) is 1. The molecule has 0 radical (unpaired) electrons. The second-order valence-corrected chi connectivity index (χ2v) is 4.98. The average molecular weight is 272 g/mol. The fourth-order valence-corrected chi connectivity index (χ4v) is 2.41. The molecular formula is C12H15BrFN. The van der Waals surface area contributed by atoms with Crippen molar-refractivity contribution >= 4 is 15.9 Å². The van der Waals surface area contributed by atoms with Gasteiger partial charge in [0.2, 0.25) is 0 Å². The van der Waals surface area contributed by atoms with Crippen LogP contribution in [0.4, 0.5) is 4.39 Å². The molecule has 82 valence electrons. The van der Waals surface area contributed by atoms with Gasteiger partial charge < -0.3 is 5.32 Å². The lowest BCUT2D eigenvalue weighted by atomic mass is 9.96.